The Kier molecular flexibility index (Phi) is 7.07. The maximum Gasteiger partial charge on any atom is 0.295 e. The molecule has 1 unspecified atom stereocenters. The molecule has 1 saturated heterocycles. The highest BCUT2D eigenvalue weighted by Crippen LogP contribution is 2.39. The van der Waals surface area contributed by atoms with Gasteiger partial charge in [0.1, 0.15) is 17.3 Å². The molecule has 0 radical (unpaired) electrons. The third kappa shape index (κ3) is 4.86. The molecule has 0 saturated carbocycles. The summed E-state index contributed by atoms with van der Waals surface area (Å²) >= 11 is 0. The molecule has 3 aromatic carbocycles. The summed E-state index contributed by atoms with van der Waals surface area (Å²) in [6.45, 7) is 2.78. The number of rotatable bonds is 8. The van der Waals surface area contributed by atoms with Crippen LogP contribution in [-0.4, -0.2) is 34.8 Å². The van der Waals surface area contributed by atoms with E-state index in [0.717, 1.165) is 12.0 Å². The van der Waals surface area contributed by atoms with Gasteiger partial charge in [-0.15, -0.1) is 0 Å². The number of amides is 1. The lowest BCUT2D eigenvalue weighted by Gasteiger charge is -2.25. The second-order valence-electron chi connectivity index (χ2n) is 8.16. The van der Waals surface area contributed by atoms with Gasteiger partial charge in [-0.1, -0.05) is 61.5 Å². The van der Waals surface area contributed by atoms with E-state index in [1.54, 1.807) is 24.3 Å². The van der Waals surface area contributed by atoms with Crippen LogP contribution in [0.1, 0.15) is 36.1 Å². The van der Waals surface area contributed by atoms with Crippen molar-refractivity contribution in [2.75, 3.05) is 13.2 Å². The van der Waals surface area contributed by atoms with Gasteiger partial charge in [0.15, 0.2) is 0 Å². The lowest BCUT2D eigenvalue weighted by molar-refractivity contribution is -0.139. The molecule has 0 bridgehead atoms. The molecule has 3 aromatic rings. The number of carbonyl (C=O) groups excluding carboxylic acids is 2. The third-order valence-electron chi connectivity index (χ3n) is 5.79. The van der Waals surface area contributed by atoms with Gasteiger partial charge in [0.2, 0.25) is 0 Å². The Morgan fingerprint density at radius 3 is 2.44 bits per heavy atom. The number of ether oxygens (including phenoxy) is 1. The number of halogens is 1. The van der Waals surface area contributed by atoms with Crippen molar-refractivity contribution >= 4 is 17.4 Å². The molecule has 0 spiro atoms. The number of hydrogen-bond acceptors (Lipinski definition) is 4. The number of benzene rings is 3. The predicted molar refractivity (Wildman–Crippen MR) is 128 cm³/mol. The van der Waals surface area contributed by atoms with E-state index in [0.29, 0.717) is 29.9 Å². The quantitative estimate of drug-likeness (QED) is 0.283. The number of nitrogens with zero attached hydrogens (tertiary/aromatic N) is 1. The van der Waals surface area contributed by atoms with Gasteiger partial charge in [0, 0.05) is 12.1 Å². The van der Waals surface area contributed by atoms with Crippen molar-refractivity contribution in [1.82, 2.24) is 4.90 Å². The molecule has 1 N–H and O–H groups in total. The summed E-state index contributed by atoms with van der Waals surface area (Å²) in [6, 6.07) is 21.2. The first-order valence-corrected chi connectivity index (χ1v) is 11.3. The standard InChI is InChI=1S/C28H26FNO4/c1-2-17-34-23-10-6-9-21(18-23)26(31)24-25(20-11-13-22(29)14-12-20)30(28(33)27(24)32)16-15-19-7-4-3-5-8-19/h3-14,18,25,31H,2,15-17H2,1H3. The number of carbonyl (C=O) groups is 2. The minimum absolute atomic E-state index is 0.0164. The summed E-state index contributed by atoms with van der Waals surface area (Å²) in [5, 5.41) is 11.2. The zero-order valence-corrected chi connectivity index (χ0v) is 18.9. The van der Waals surface area contributed by atoms with Crippen molar-refractivity contribution in [3.8, 4) is 5.75 Å². The van der Waals surface area contributed by atoms with Crippen molar-refractivity contribution in [2.24, 2.45) is 0 Å². The third-order valence-corrected chi connectivity index (χ3v) is 5.79. The second kappa shape index (κ2) is 10.3. The number of aliphatic hydroxyl groups is 1. The number of aliphatic hydroxyl groups excluding tert-OH is 1. The molecule has 5 nitrogen and oxygen atoms in total. The van der Waals surface area contributed by atoms with Crippen molar-refractivity contribution in [3.05, 3.63) is 107 Å². The largest absolute Gasteiger partial charge is 0.507 e. The highest BCUT2D eigenvalue weighted by molar-refractivity contribution is 6.46. The summed E-state index contributed by atoms with van der Waals surface area (Å²) in [4.78, 5) is 27.6. The van der Waals surface area contributed by atoms with Gasteiger partial charge in [-0.05, 0) is 48.2 Å². The van der Waals surface area contributed by atoms with E-state index in [-0.39, 0.29) is 17.9 Å². The number of Topliss-reactive ketones (excluding diaryl/α,β-unsaturated/α-hetero) is 1. The number of hydrogen-bond donors (Lipinski definition) is 1. The molecule has 1 aliphatic rings. The monoisotopic (exact) mass is 459 g/mol. The molecule has 174 valence electrons. The number of ketones is 1. The Morgan fingerprint density at radius 1 is 1.00 bits per heavy atom. The first-order valence-electron chi connectivity index (χ1n) is 11.3. The van der Waals surface area contributed by atoms with E-state index in [9.17, 15) is 19.1 Å². The normalized spacial score (nSPS) is 17.2. The van der Waals surface area contributed by atoms with Gasteiger partial charge in [-0.3, -0.25) is 9.59 Å². The molecule has 0 aliphatic carbocycles. The van der Waals surface area contributed by atoms with Crippen molar-refractivity contribution in [1.29, 1.82) is 0 Å². The fourth-order valence-electron chi connectivity index (χ4n) is 4.11. The van der Waals surface area contributed by atoms with E-state index in [1.807, 2.05) is 37.3 Å². The Hall–Kier alpha value is -3.93. The molecular formula is C28H26FNO4. The van der Waals surface area contributed by atoms with Crippen LogP contribution >= 0.6 is 0 Å². The average Bonchev–Trinajstić information content (AvgIpc) is 3.12. The lowest BCUT2D eigenvalue weighted by atomic mass is 9.95. The minimum atomic E-state index is -0.829. The molecule has 1 atom stereocenters. The minimum Gasteiger partial charge on any atom is -0.507 e. The van der Waals surface area contributed by atoms with E-state index in [4.69, 9.17) is 4.74 Å². The summed E-state index contributed by atoms with van der Waals surface area (Å²) in [6.07, 6.45) is 1.36. The molecular weight excluding hydrogens is 433 g/mol. The lowest BCUT2D eigenvalue weighted by Crippen LogP contribution is -2.31. The molecule has 4 rings (SSSR count). The molecule has 1 amide bonds. The summed E-state index contributed by atoms with van der Waals surface area (Å²) in [5.41, 5.74) is 1.93. The maximum atomic E-state index is 13.6. The van der Waals surface area contributed by atoms with Crippen LogP contribution < -0.4 is 4.74 Å². The summed E-state index contributed by atoms with van der Waals surface area (Å²) in [5.74, 6) is -1.60. The van der Waals surface area contributed by atoms with Crippen molar-refractivity contribution in [3.63, 3.8) is 0 Å². The zero-order valence-electron chi connectivity index (χ0n) is 18.9. The Bertz CT molecular complexity index is 1200. The smallest absolute Gasteiger partial charge is 0.295 e. The van der Waals surface area contributed by atoms with Crippen LogP contribution in [0.2, 0.25) is 0 Å². The van der Waals surface area contributed by atoms with Crippen LogP contribution in [0.25, 0.3) is 5.76 Å². The summed E-state index contributed by atoms with van der Waals surface area (Å²) in [7, 11) is 0. The second-order valence-corrected chi connectivity index (χ2v) is 8.16. The van der Waals surface area contributed by atoms with Gasteiger partial charge in [0.05, 0.1) is 18.2 Å². The van der Waals surface area contributed by atoms with Gasteiger partial charge in [-0.25, -0.2) is 4.39 Å². The van der Waals surface area contributed by atoms with E-state index >= 15 is 0 Å². The molecule has 1 aliphatic heterocycles. The van der Waals surface area contributed by atoms with Crippen LogP contribution in [0.15, 0.2) is 84.4 Å². The number of likely N-dealkylation sites (tertiary alicyclic amines) is 1. The van der Waals surface area contributed by atoms with Crippen LogP contribution in [0.3, 0.4) is 0 Å². The molecule has 6 heteroatoms. The highest BCUT2D eigenvalue weighted by Gasteiger charge is 2.45. The van der Waals surface area contributed by atoms with Gasteiger partial charge >= 0.3 is 0 Å². The SMILES string of the molecule is CCCOc1cccc(C(O)=C2C(=O)C(=O)N(CCc3ccccc3)C2c2ccc(F)cc2)c1. The topological polar surface area (TPSA) is 66.8 Å². The highest BCUT2D eigenvalue weighted by atomic mass is 19.1. The summed E-state index contributed by atoms with van der Waals surface area (Å²) < 4.78 is 19.3. The first kappa shape index (κ1) is 23.2. The van der Waals surface area contributed by atoms with Gasteiger partial charge in [-0.2, -0.15) is 0 Å². The van der Waals surface area contributed by atoms with Crippen LogP contribution in [0, 0.1) is 5.82 Å². The van der Waals surface area contributed by atoms with E-state index < -0.39 is 23.5 Å². The maximum absolute atomic E-state index is 13.6. The van der Waals surface area contributed by atoms with E-state index in [1.165, 1.54) is 29.2 Å². The molecule has 1 heterocycles. The van der Waals surface area contributed by atoms with Crippen LogP contribution in [-0.2, 0) is 16.0 Å². The molecule has 34 heavy (non-hydrogen) atoms. The first-order chi connectivity index (χ1) is 16.5. The van der Waals surface area contributed by atoms with Crippen molar-refractivity contribution in [2.45, 2.75) is 25.8 Å². The zero-order chi connectivity index (χ0) is 24.1. The Morgan fingerprint density at radius 2 is 1.74 bits per heavy atom. The van der Waals surface area contributed by atoms with Gasteiger partial charge < -0.3 is 14.7 Å². The molecule has 1 fully saturated rings. The Balaban J connectivity index is 1.75. The fourth-order valence-corrected chi connectivity index (χ4v) is 4.11. The van der Waals surface area contributed by atoms with E-state index in [2.05, 4.69) is 0 Å². The van der Waals surface area contributed by atoms with Crippen LogP contribution in [0.5, 0.6) is 5.75 Å². The average molecular weight is 460 g/mol. The molecule has 0 aromatic heterocycles. The Labute approximate surface area is 198 Å². The van der Waals surface area contributed by atoms with Crippen molar-refractivity contribution < 1.29 is 23.8 Å². The van der Waals surface area contributed by atoms with Crippen LogP contribution in [0.4, 0.5) is 4.39 Å². The predicted octanol–water partition coefficient (Wildman–Crippen LogP) is 5.28. The van der Waals surface area contributed by atoms with Gasteiger partial charge in [0.25, 0.3) is 11.7 Å². The fraction of sp³-hybridized carbons (Fsp3) is 0.214.